The molecule has 0 saturated carbocycles. The molecule has 0 unspecified atom stereocenters. The summed E-state index contributed by atoms with van der Waals surface area (Å²) in [5.74, 6) is 0. The van der Waals surface area contributed by atoms with Gasteiger partial charge >= 0.3 is 0 Å². The van der Waals surface area contributed by atoms with Crippen LogP contribution in [-0.2, 0) is 0 Å². The van der Waals surface area contributed by atoms with Crippen molar-refractivity contribution in [2.75, 3.05) is 25.5 Å². The zero-order valence-electron chi connectivity index (χ0n) is 10.5. The second kappa shape index (κ2) is 5.94. The van der Waals surface area contributed by atoms with E-state index in [1.54, 1.807) is 0 Å². The predicted molar refractivity (Wildman–Crippen MR) is 74.6 cm³/mol. The second-order valence-electron chi connectivity index (χ2n) is 5.41. The zero-order valence-corrected chi connectivity index (χ0v) is 12.4. The van der Waals surface area contributed by atoms with Gasteiger partial charge in [0.2, 0.25) is 0 Å². The highest BCUT2D eigenvalue weighted by Gasteiger charge is 2.16. The van der Waals surface area contributed by atoms with Crippen LogP contribution < -0.4 is 0 Å². The average Bonchev–Trinajstić information content (AvgIpc) is 2.19. The Bertz CT molecular complexity index is 217. The molecule has 0 atom stereocenters. The van der Waals surface area contributed by atoms with Crippen molar-refractivity contribution in [3.63, 3.8) is 0 Å². The largest absolute Gasteiger partial charge is 0.352 e. The smallest absolute Gasteiger partial charge is 0.158 e. The van der Waals surface area contributed by atoms with E-state index in [2.05, 4.69) is 30.8 Å². The third kappa shape index (κ3) is 5.07. The van der Waals surface area contributed by atoms with Gasteiger partial charge in [0.05, 0.1) is 8.07 Å². The molecule has 0 radical (unpaired) electrons. The second-order valence-corrected chi connectivity index (χ2v) is 11.6. The van der Waals surface area contributed by atoms with Gasteiger partial charge in [-0.1, -0.05) is 31.4 Å². The lowest BCUT2D eigenvalue weighted by atomic mass is 10.1. The molecule has 0 spiro atoms. The summed E-state index contributed by atoms with van der Waals surface area (Å²) in [6, 6.07) is 0. The molecule has 0 N–H and O–H groups in total. The fourth-order valence-corrected chi connectivity index (χ4v) is 3.06. The summed E-state index contributed by atoms with van der Waals surface area (Å²) in [5, 5.41) is 1.28. The van der Waals surface area contributed by atoms with Crippen LogP contribution >= 0.6 is 11.8 Å². The minimum absolute atomic E-state index is 1.03. The van der Waals surface area contributed by atoms with Gasteiger partial charge in [-0.15, -0.1) is 0 Å². The minimum atomic E-state index is -1.03. The first-order chi connectivity index (χ1) is 7.03. The van der Waals surface area contributed by atoms with Gasteiger partial charge in [0.25, 0.3) is 0 Å². The Kier molecular flexibility index (Phi) is 5.19. The van der Waals surface area contributed by atoms with Crippen LogP contribution in [0, 0.1) is 0 Å². The van der Waals surface area contributed by atoms with Gasteiger partial charge in [-0.25, -0.2) is 0 Å². The maximum atomic E-state index is 4.80. The average molecular weight is 244 g/mol. The third-order valence-corrected chi connectivity index (χ3v) is 4.36. The van der Waals surface area contributed by atoms with E-state index in [0.29, 0.717) is 0 Å². The Morgan fingerprint density at radius 1 is 1.20 bits per heavy atom. The highest BCUT2D eigenvalue weighted by Crippen LogP contribution is 2.15. The summed E-state index contributed by atoms with van der Waals surface area (Å²) < 4.78 is 0. The van der Waals surface area contributed by atoms with Crippen molar-refractivity contribution in [1.82, 2.24) is 4.90 Å². The highest BCUT2D eigenvalue weighted by molar-refractivity contribution is 8.13. The lowest BCUT2D eigenvalue weighted by Gasteiger charge is -2.29. The van der Waals surface area contributed by atoms with Gasteiger partial charge < -0.3 is 4.90 Å². The van der Waals surface area contributed by atoms with Crippen LogP contribution in [0.2, 0.25) is 19.6 Å². The third-order valence-electron chi connectivity index (χ3n) is 2.50. The predicted octanol–water partition coefficient (Wildman–Crippen LogP) is 3.07. The van der Waals surface area contributed by atoms with E-state index in [4.69, 9.17) is 4.99 Å². The monoisotopic (exact) mass is 244 g/mol. The van der Waals surface area contributed by atoms with Crippen LogP contribution in [0.5, 0.6) is 0 Å². The summed E-state index contributed by atoms with van der Waals surface area (Å²) in [6.45, 7) is 9.57. The Balaban J connectivity index is 2.53. The summed E-state index contributed by atoms with van der Waals surface area (Å²) in [4.78, 5) is 7.27. The minimum Gasteiger partial charge on any atom is -0.352 e. The van der Waals surface area contributed by atoms with E-state index in [1.165, 1.54) is 37.5 Å². The van der Waals surface area contributed by atoms with Gasteiger partial charge in [0.1, 0.15) is 0 Å². The fourth-order valence-electron chi connectivity index (χ4n) is 1.68. The van der Waals surface area contributed by atoms with Crippen molar-refractivity contribution in [1.29, 1.82) is 0 Å². The van der Waals surface area contributed by atoms with Crippen molar-refractivity contribution in [2.24, 2.45) is 4.99 Å². The molecule has 1 heterocycles. The van der Waals surface area contributed by atoms with Crippen LogP contribution in [0.1, 0.15) is 19.3 Å². The van der Waals surface area contributed by atoms with E-state index < -0.39 is 8.07 Å². The van der Waals surface area contributed by atoms with Crippen molar-refractivity contribution in [3.05, 3.63) is 0 Å². The number of amidine groups is 1. The lowest BCUT2D eigenvalue weighted by molar-refractivity contribution is 0.347. The molecule has 0 aromatic heterocycles. The number of nitrogens with zero attached hydrogens (tertiary/aromatic N) is 2. The molecule has 0 amide bonds. The van der Waals surface area contributed by atoms with E-state index in [-0.39, 0.29) is 0 Å². The Morgan fingerprint density at radius 2 is 1.80 bits per heavy atom. The van der Waals surface area contributed by atoms with Gasteiger partial charge in [-0.05, 0) is 25.5 Å². The molecule has 1 aliphatic rings. The highest BCUT2D eigenvalue weighted by atomic mass is 32.2. The molecule has 0 aliphatic carbocycles. The number of aliphatic imine (C=N–C) groups is 1. The summed E-state index contributed by atoms with van der Waals surface area (Å²) >= 11 is 1.82. The molecule has 4 heteroatoms. The Hall–Kier alpha value is 0.0369. The standard InChI is InChI=1S/C11H24N2SSi/c1-14-11(12-10-15(2,3)4)13-8-6-5-7-9-13/h5-10H2,1-4H3/b12-11-. The number of hydrogen-bond acceptors (Lipinski definition) is 2. The van der Waals surface area contributed by atoms with Crippen LogP contribution in [0.25, 0.3) is 0 Å². The summed E-state index contributed by atoms with van der Waals surface area (Å²) in [5.41, 5.74) is 0. The number of rotatable bonds is 2. The lowest BCUT2D eigenvalue weighted by Crippen LogP contribution is -2.35. The molecule has 0 aromatic carbocycles. The molecule has 1 rings (SSSR count). The summed E-state index contributed by atoms with van der Waals surface area (Å²) in [6.07, 6.45) is 7.29. The van der Waals surface area contributed by atoms with Crippen LogP contribution in [0.4, 0.5) is 0 Å². The van der Waals surface area contributed by atoms with Gasteiger partial charge in [0.15, 0.2) is 5.17 Å². The first-order valence-corrected chi connectivity index (χ1v) is 10.8. The number of likely N-dealkylation sites (tertiary alicyclic amines) is 1. The van der Waals surface area contributed by atoms with Crippen molar-refractivity contribution in [3.8, 4) is 0 Å². The number of piperidine rings is 1. The van der Waals surface area contributed by atoms with Crippen molar-refractivity contribution in [2.45, 2.75) is 38.9 Å². The fraction of sp³-hybridized carbons (Fsp3) is 0.909. The van der Waals surface area contributed by atoms with Gasteiger partial charge in [-0.3, -0.25) is 4.99 Å². The molecule has 0 bridgehead atoms. The molecule has 2 nitrogen and oxygen atoms in total. The molecule has 15 heavy (non-hydrogen) atoms. The van der Waals surface area contributed by atoms with Crippen molar-refractivity contribution < 1.29 is 0 Å². The molecule has 1 aliphatic heterocycles. The quantitative estimate of drug-likeness (QED) is 0.421. The molecule has 0 aromatic rings. The summed E-state index contributed by atoms with van der Waals surface area (Å²) in [7, 11) is -1.03. The molecule has 88 valence electrons. The number of thioether (sulfide) groups is 1. The molecular weight excluding hydrogens is 220 g/mol. The first-order valence-electron chi connectivity index (χ1n) is 5.86. The maximum Gasteiger partial charge on any atom is 0.158 e. The first kappa shape index (κ1) is 13.1. The van der Waals surface area contributed by atoms with Crippen LogP contribution in [0.15, 0.2) is 4.99 Å². The SMILES string of the molecule is CS/C(=N\C[Si](C)(C)C)N1CCCCC1. The van der Waals surface area contributed by atoms with E-state index in [1.807, 2.05) is 11.8 Å². The molecule has 1 saturated heterocycles. The molecule has 1 fully saturated rings. The van der Waals surface area contributed by atoms with E-state index in [9.17, 15) is 0 Å². The zero-order chi connectivity index (χ0) is 11.3. The van der Waals surface area contributed by atoms with E-state index >= 15 is 0 Å². The van der Waals surface area contributed by atoms with Crippen molar-refractivity contribution >= 4 is 25.0 Å². The maximum absolute atomic E-state index is 4.80. The van der Waals surface area contributed by atoms with E-state index in [0.717, 1.165) is 6.17 Å². The normalized spacial score (nSPS) is 19.5. The topological polar surface area (TPSA) is 15.6 Å². The number of hydrogen-bond donors (Lipinski definition) is 0. The Labute approximate surface area is 99.5 Å². The van der Waals surface area contributed by atoms with Crippen LogP contribution in [-0.4, -0.2) is 43.7 Å². The Morgan fingerprint density at radius 3 is 2.27 bits per heavy atom. The van der Waals surface area contributed by atoms with Crippen LogP contribution in [0.3, 0.4) is 0 Å². The molecular formula is C11H24N2SSi. The van der Waals surface area contributed by atoms with Gasteiger partial charge in [-0.2, -0.15) is 0 Å². The van der Waals surface area contributed by atoms with Gasteiger partial charge in [0, 0.05) is 19.3 Å².